The fraction of sp³-hybridized carbons (Fsp3) is 0.333. The molecule has 18 heavy (non-hydrogen) atoms. The fourth-order valence-corrected chi connectivity index (χ4v) is 3.02. The molecule has 0 aliphatic carbocycles. The lowest BCUT2D eigenvalue weighted by molar-refractivity contribution is 0.299. The molecule has 1 rings (SSSR count). The monoisotopic (exact) mass is 295 g/mol. The van der Waals surface area contributed by atoms with Gasteiger partial charge in [-0.3, -0.25) is 4.55 Å². The lowest BCUT2D eigenvalue weighted by atomic mass is 10.1. The van der Waals surface area contributed by atoms with Gasteiger partial charge in [-0.05, 0) is 36.6 Å². The van der Waals surface area contributed by atoms with E-state index in [1.165, 1.54) is 6.92 Å². The Morgan fingerprint density at radius 2 is 1.78 bits per heavy atom. The molecule has 102 valence electrons. The summed E-state index contributed by atoms with van der Waals surface area (Å²) in [5.74, 6) is 0. The second kappa shape index (κ2) is 4.94. The van der Waals surface area contributed by atoms with Crippen LogP contribution in [0.4, 0.5) is 0 Å². The lowest BCUT2D eigenvalue weighted by Crippen LogP contribution is -2.16. The SMILES string of the molecule is Cc1c(CCO)cc(S(=O)(=O)O)cc1S(N)(=O)=O. The van der Waals surface area contributed by atoms with E-state index in [1.807, 2.05) is 0 Å². The first-order valence-electron chi connectivity index (χ1n) is 4.82. The maximum atomic E-state index is 11.3. The minimum Gasteiger partial charge on any atom is -0.396 e. The van der Waals surface area contributed by atoms with E-state index in [2.05, 4.69) is 0 Å². The summed E-state index contributed by atoms with van der Waals surface area (Å²) in [5.41, 5.74) is 0.538. The van der Waals surface area contributed by atoms with E-state index in [-0.39, 0.29) is 29.1 Å². The molecule has 0 bridgehead atoms. The molecule has 1 aromatic carbocycles. The van der Waals surface area contributed by atoms with E-state index < -0.39 is 25.0 Å². The van der Waals surface area contributed by atoms with Crippen molar-refractivity contribution in [1.82, 2.24) is 0 Å². The standard InChI is InChI=1S/C9H13NO6S2/c1-6-7(2-3-11)4-8(18(14,15)16)5-9(6)17(10,12)13/h4-5,11H,2-3H2,1H3,(H2,10,12,13)(H,14,15,16). The fourth-order valence-electron chi connectivity index (χ4n) is 1.54. The molecule has 0 fully saturated rings. The zero-order valence-corrected chi connectivity index (χ0v) is 11.1. The maximum absolute atomic E-state index is 11.3. The van der Waals surface area contributed by atoms with Crippen LogP contribution in [0.15, 0.2) is 21.9 Å². The summed E-state index contributed by atoms with van der Waals surface area (Å²) in [4.78, 5) is -0.957. The van der Waals surface area contributed by atoms with Gasteiger partial charge in [0.1, 0.15) is 0 Å². The van der Waals surface area contributed by atoms with E-state index in [9.17, 15) is 16.8 Å². The highest BCUT2D eigenvalue weighted by Crippen LogP contribution is 2.23. The third-order valence-corrected chi connectivity index (χ3v) is 4.30. The number of rotatable bonds is 4. The third-order valence-electron chi connectivity index (χ3n) is 2.43. The van der Waals surface area contributed by atoms with Gasteiger partial charge in [0.15, 0.2) is 0 Å². The second-order valence-corrected chi connectivity index (χ2v) is 6.65. The first-order valence-corrected chi connectivity index (χ1v) is 7.80. The van der Waals surface area contributed by atoms with E-state index in [4.69, 9.17) is 14.8 Å². The van der Waals surface area contributed by atoms with Crippen molar-refractivity contribution in [3.8, 4) is 0 Å². The van der Waals surface area contributed by atoms with Crippen LogP contribution in [0, 0.1) is 6.92 Å². The number of aliphatic hydroxyl groups excluding tert-OH is 1. The van der Waals surface area contributed by atoms with Crippen molar-refractivity contribution < 1.29 is 26.5 Å². The van der Waals surface area contributed by atoms with Crippen LogP contribution in [0.3, 0.4) is 0 Å². The normalized spacial score (nSPS) is 12.7. The van der Waals surface area contributed by atoms with Gasteiger partial charge in [0.25, 0.3) is 10.1 Å². The third kappa shape index (κ3) is 3.27. The Labute approximate surface area is 105 Å². The van der Waals surface area contributed by atoms with Gasteiger partial charge < -0.3 is 5.11 Å². The van der Waals surface area contributed by atoms with Crippen LogP contribution in [0.1, 0.15) is 11.1 Å². The molecule has 4 N–H and O–H groups in total. The molecule has 0 heterocycles. The zero-order chi connectivity index (χ0) is 14.1. The van der Waals surface area contributed by atoms with Crippen molar-refractivity contribution in [3.05, 3.63) is 23.3 Å². The summed E-state index contributed by atoms with van der Waals surface area (Å²) in [7, 11) is -8.66. The molecule has 0 aromatic heterocycles. The molecule has 0 aliphatic rings. The van der Waals surface area contributed by atoms with Gasteiger partial charge >= 0.3 is 0 Å². The highest BCUT2D eigenvalue weighted by atomic mass is 32.2. The van der Waals surface area contributed by atoms with Crippen LogP contribution in [0.2, 0.25) is 0 Å². The van der Waals surface area contributed by atoms with Crippen LogP contribution in [-0.4, -0.2) is 33.1 Å². The van der Waals surface area contributed by atoms with Crippen molar-refractivity contribution in [2.75, 3.05) is 6.61 Å². The number of sulfonamides is 1. The molecule has 0 amide bonds. The summed E-state index contributed by atoms with van der Waals surface area (Å²) >= 11 is 0. The van der Waals surface area contributed by atoms with Crippen molar-refractivity contribution in [3.63, 3.8) is 0 Å². The maximum Gasteiger partial charge on any atom is 0.294 e. The topological polar surface area (TPSA) is 135 Å². The number of nitrogens with two attached hydrogens (primary N) is 1. The van der Waals surface area contributed by atoms with Gasteiger partial charge in [0.2, 0.25) is 10.0 Å². The van der Waals surface area contributed by atoms with E-state index in [0.29, 0.717) is 0 Å². The average Bonchev–Trinajstić information content (AvgIpc) is 2.17. The number of benzene rings is 1. The highest BCUT2D eigenvalue weighted by Gasteiger charge is 2.20. The molecule has 9 heteroatoms. The van der Waals surface area contributed by atoms with Crippen LogP contribution >= 0.6 is 0 Å². The number of hydrogen-bond acceptors (Lipinski definition) is 5. The van der Waals surface area contributed by atoms with Crippen molar-refractivity contribution in [2.45, 2.75) is 23.1 Å². The van der Waals surface area contributed by atoms with Crippen LogP contribution < -0.4 is 5.14 Å². The molecule has 0 atom stereocenters. The molecule has 0 unspecified atom stereocenters. The molecule has 0 aliphatic heterocycles. The van der Waals surface area contributed by atoms with Gasteiger partial charge in [-0.15, -0.1) is 0 Å². The lowest BCUT2D eigenvalue weighted by Gasteiger charge is -2.11. The largest absolute Gasteiger partial charge is 0.396 e. The van der Waals surface area contributed by atoms with Gasteiger partial charge in [-0.2, -0.15) is 8.42 Å². The average molecular weight is 295 g/mol. The van der Waals surface area contributed by atoms with E-state index in [0.717, 1.165) is 12.1 Å². The first-order chi connectivity index (χ1) is 8.07. The van der Waals surface area contributed by atoms with Crippen LogP contribution in [0.25, 0.3) is 0 Å². The summed E-state index contributed by atoms with van der Waals surface area (Å²) < 4.78 is 53.7. The first kappa shape index (κ1) is 15.1. The Morgan fingerprint density at radius 3 is 2.17 bits per heavy atom. The molecule has 7 nitrogen and oxygen atoms in total. The van der Waals surface area contributed by atoms with Crippen molar-refractivity contribution >= 4 is 20.1 Å². The van der Waals surface area contributed by atoms with Gasteiger partial charge in [-0.25, -0.2) is 13.6 Å². The van der Waals surface area contributed by atoms with E-state index in [1.54, 1.807) is 0 Å². The molecular weight excluding hydrogens is 282 g/mol. The summed E-state index contributed by atoms with van der Waals surface area (Å²) in [6.07, 6.45) is 0.0533. The Hall–Kier alpha value is -1.00. The van der Waals surface area contributed by atoms with Crippen LogP contribution in [0.5, 0.6) is 0 Å². The van der Waals surface area contributed by atoms with Gasteiger partial charge in [-0.1, -0.05) is 0 Å². The predicted octanol–water partition coefficient (Wildman–Crippen LogP) is -0.576. The molecule has 0 saturated heterocycles. The smallest absolute Gasteiger partial charge is 0.294 e. The predicted molar refractivity (Wildman–Crippen MR) is 63.2 cm³/mol. The number of aliphatic hydroxyl groups is 1. The van der Waals surface area contributed by atoms with Crippen molar-refractivity contribution in [2.24, 2.45) is 5.14 Å². The minimum atomic E-state index is -4.54. The number of primary sulfonamides is 1. The van der Waals surface area contributed by atoms with Crippen LogP contribution in [-0.2, 0) is 26.6 Å². The van der Waals surface area contributed by atoms with Crippen molar-refractivity contribution in [1.29, 1.82) is 0 Å². The Balaban J connectivity index is 3.68. The van der Waals surface area contributed by atoms with Gasteiger partial charge in [0, 0.05) is 6.61 Å². The Kier molecular flexibility index (Phi) is 4.13. The molecule has 0 saturated carbocycles. The second-order valence-electron chi connectivity index (χ2n) is 3.70. The highest BCUT2D eigenvalue weighted by molar-refractivity contribution is 7.89. The quantitative estimate of drug-likeness (QED) is 0.636. The number of hydrogen-bond donors (Lipinski definition) is 3. The van der Waals surface area contributed by atoms with E-state index >= 15 is 0 Å². The molecular formula is C9H13NO6S2. The minimum absolute atomic E-state index is 0.0533. The summed E-state index contributed by atoms with van der Waals surface area (Å²) in [5, 5.41) is 13.8. The Bertz CT molecular complexity index is 663. The summed E-state index contributed by atoms with van der Waals surface area (Å²) in [6, 6.07) is 1.90. The van der Waals surface area contributed by atoms with Gasteiger partial charge in [0.05, 0.1) is 9.79 Å². The molecule has 0 spiro atoms. The Morgan fingerprint density at radius 1 is 1.22 bits per heavy atom. The molecule has 0 radical (unpaired) electrons. The zero-order valence-electron chi connectivity index (χ0n) is 9.49. The molecule has 1 aromatic rings. The summed E-state index contributed by atoms with van der Waals surface area (Å²) in [6.45, 7) is 1.15.